The van der Waals surface area contributed by atoms with Crippen LogP contribution < -0.4 is 15.4 Å². The molecular weight excluding hydrogens is 334 g/mol. The molecule has 0 aromatic heterocycles. The van der Waals surface area contributed by atoms with Gasteiger partial charge in [0.1, 0.15) is 11.4 Å². The number of nitrogens with one attached hydrogen (secondary N) is 2. The van der Waals surface area contributed by atoms with Crippen LogP contribution in [-0.2, 0) is 16.0 Å². The summed E-state index contributed by atoms with van der Waals surface area (Å²) in [5.41, 5.74) is 1.25. The molecule has 0 bridgehead atoms. The Kier molecular flexibility index (Phi) is 7.25. The molecule has 0 saturated heterocycles. The van der Waals surface area contributed by atoms with Gasteiger partial charge >= 0.3 is 0 Å². The molecule has 1 amide bonds. The zero-order chi connectivity index (χ0) is 19.2. The van der Waals surface area contributed by atoms with Crippen LogP contribution in [0.3, 0.4) is 0 Å². The van der Waals surface area contributed by atoms with E-state index in [0.29, 0.717) is 11.4 Å². The normalized spacial score (nSPS) is 14.1. The quantitative estimate of drug-likeness (QED) is 0.455. The second kappa shape index (κ2) is 9.21. The number of carbonyl (C=O) groups is 1. The number of hydrogen-bond donors (Lipinski definition) is 3. The average molecular weight is 365 g/mol. The topological polar surface area (TPSA) is 83.1 Å². The van der Waals surface area contributed by atoms with Gasteiger partial charge in [-0.15, -0.1) is 0 Å². The number of anilines is 1. The first kappa shape index (κ1) is 20.5. The van der Waals surface area contributed by atoms with Crippen molar-refractivity contribution in [2.75, 3.05) is 51.8 Å². The van der Waals surface area contributed by atoms with Crippen LogP contribution in [0.4, 0.5) is 5.69 Å². The lowest BCUT2D eigenvalue weighted by Crippen LogP contribution is -2.34. The monoisotopic (exact) mass is 365 g/mol. The highest BCUT2D eigenvalue weighted by atomic mass is 16.5. The third-order valence-corrected chi connectivity index (χ3v) is 4.08. The minimum absolute atomic E-state index is 0.0156. The summed E-state index contributed by atoms with van der Waals surface area (Å²) < 4.78 is 11.2. The summed E-state index contributed by atoms with van der Waals surface area (Å²) in [5, 5.41) is 15.9. The number of ether oxygens (including phenoxy) is 2. The number of rotatable bonds is 9. The van der Waals surface area contributed by atoms with Crippen LogP contribution in [0.1, 0.15) is 26.3 Å². The van der Waals surface area contributed by atoms with Crippen LogP contribution in [0.5, 0.6) is 11.5 Å². The molecule has 0 fully saturated rings. The van der Waals surface area contributed by atoms with Gasteiger partial charge in [-0.3, -0.25) is 4.79 Å². The lowest BCUT2D eigenvalue weighted by atomic mass is 10.1. The number of fused-ring (bicyclic) bond motifs is 1. The van der Waals surface area contributed by atoms with Crippen molar-refractivity contribution in [3.05, 3.63) is 17.7 Å². The minimum atomic E-state index is -0.249. The van der Waals surface area contributed by atoms with Gasteiger partial charge in [0.05, 0.1) is 12.2 Å². The van der Waals surface area contributed by atoms with Crippen LogP contribution in [0.25, 0.3) is 0 Å². The number of amides is 1. The van der Waals surface area contributed by atoms with Crippen molar-refractivity contribution in [2.24, 2.45) is 0 Å². The molecule has 1 aliphatic rings. The first-order valence-corrected chi connectivity index (χ1v) is 9.07. The third kappa shape index (κ3) is 6.48. The molecule has 146 valence electrons. The van der Waals surface area contributed by atoms with Crippen LogP contribution in [0, 0.1) is 0 Å². The summed E-state index contributed by atoms with van der Waals surface area (Å²) in [4.78, 5) is 13.6. The van der Waals surface area contributed by atoms with E-state index in [0.717, 1.165) is 44.8 Å². The summed E-state index contributed by atoms with van der Waals surface area (Å²) in [5.74, 6) is 0.355. The molecule has 7 heteroatoms. The second-order valence-corrected chi connectivity index (χ2v) is 7.55. The van der Waals surface area contributed by atoms with Gasteiger partial charge in [-0.1, -0.05) is 6.07 Å². The first-order chi connectivity index (χ1) is 12.3. The number of aromatic hydroxyl groups is 1. The van der Waals surface area contributed by atoms with Gasteiger partial charge in [-0.2, -0.15) is 0 Å². The molecule has 1 heterocycles. The molecule has 1 aliphatic heterocycles. The van der Waals surface area contributed by atoms with Crippen LogP contribution in [0.2, 0.25) is 0 Å². The van der Waals surface area contributed by atoms with E-state index in [2.05, 4.69) is 43.4 Å². The predicted molar refractivity (Wildman–Crippen MR) is 102 cm³/mol. The summed E-state index contributed by atoms with van der Waals surface area (Å²) in [6.45, 7) is 10.4. The van der Waals surface area contributed by atoms with E-state index in [1.807, 2.05) is 6.07 Å². The number of likely N-dealkylation sites (N-methyl/N-ethyl adjacent to an activating group) is 1. The first-order valence-electron chi connectivity index (χ1n) is 9.07. The van der Waals surface area contributed by atoms with Gasteiger partial charge in [0.15, 0.2) is 12.4 Å². The molecule has 0 aliphatic carbocycles. The highest BCUT2D eigenvalue weighted by Gasteiger charge is 2.22. The Morgan fingerprint density at radius 2 is 2.08 bits per heavy atom. The number of phenols is 1. The Labute approximate surface area is 155 Å². The Balaban J connectivity index is 1.69. The molecule has 26 heavy (non-hydrogen) atoms. The number of hydrogen-bond acceptors (Lipinski definition) is 6. The van der Waals surface area contributed by atoms with E-state index >= 15 is 0 Å². The Bertz CT molecular complexity index is 614. The predicted octanol–water partition coefficient (Wildman–Crippen LogP) is 1.60. The molecule has 0 unspecified atom stereocenters. The molecule has 2 rings (SSSR count). The number of phenolic OH excluding ortho intramolecular Hbond substituents is 1. The summed E-state index contributed by atoms with van der Waals surface area (Å²) >= 11 is 0. The summed E-state index contributed by atoms with van der Waals surface area (Å²) in [6, 6.07) is 3.43. The maximum atomic E-state index is 11.4. The van der Waals surface area contributed by atoms with E-state index in [1.165, 1.54) is 0 Å². The van der Waals surface area contributed by atoms with E-state index in [4.69, 9.17) is 9.47 Å². The second-order valence-electron chi connectivity index (χ2n) is 7.55. The molecule has 0 spiro atoms. The Hall–Kier alpha value is -1.83. The lowest BCUT2D eigenvalue weighted by molar-refractivity contribution is -0.118. The molecular formula is C19H31N3O4. The average Bonchev–Trinajstić information content (AvgIpc) is 2.55. The minimum Gasteiger partial charge on any atom is -0.506 e. The van der Waals surface area contributed by atoms with E-state index in [-0.39, 0.29) is 23.9 Å². The fourth-order valence-electron chi connectivity index (χ4n) is 2.65. The van der Waals surface area contributed by atoms with Crippen molar-refractivity contribution in [2.45, 2.75) is 32.8 Å². The van der Waals surface area contributed by atoms with E-state index in [1.54, 1.807) is 6.07 Å². The Morgan fingerprint density at radius 3 is 2.81 bits per heavy atom. The van der Waals surface area contributed by atoms with Crippen LogP contribution in [-0.4, -0.2) is 68.0 Å². The summed E-state index contributed by atoms with van der Waals surface area (Å²) in [6.07, 6.45) is 0.759. The third-order valence-electron chi connectivity index (χ3n) is 4.08. The molecule has 1 aromatic carbocycles. The van der Waals surface area contributed by atoms with Crippen LogP contribution in [0.15, 0.2) is 12.1 Å². The maximum Gasteiger partial charge on any atom is 0.262 e. The summed E-state index contributed by atoms with van der Waals surface area (Å²) in [7, 11) is 2.08. The van der Waals surface area contributed by atoms with Crippen molar-refractivity contribution < 1.29 is 19.4 Å². The highest BCUT2D eigenvalue weighted by molar-refractivity contribution is 5.97. The molecule has 1 aromatic rings. The van der Waals surface area contributed by atoms with Crippen molar-refractivity contribution in [1.82, 2.24) is 10.2 Å². The smallest absolute Gasteiger partial charge is 0.262 e. The maximum absolute atomic E-state index is 11.4. The SMILES string of the molecule is CN(CCNCCc1ccc(O)c2c1OCC(=O)N2)CCOC(C)(C)C. The number of benzene rings is 1. The highest BCUT2D eigenvalue weighted by Crippen LogP contribution is 2.39. The molecule has 7 nitrogen and oxygen atoms in total. The standard InChI is InChI=1S/C19H31N3O4/c1-19(2,3)26-12-11-22(4)10-9-20-8-7-14-5-6-15(23)17-18(14)25-13-16(24)21-17/h5-6,20,23H,7-13H2,1-4H3,(H,21,24). The number of nitrogens with zero attached hydrogens (tertiary/aromatic N) is 1. The molecule has 0 saturated carbocycles. The van der Waals surface area contributed by atoms with Crippen molar-refractivity contribution in [1.29, 1.82) is 0 Å². The lowest BCUT2D eigenvalue weighted by Gasteiger charge is -2.23. The zero-order valence-electron chi connectivity index (χ0n) is 16.2. The molecule has 3 N–H and O–H groups in total. The Morgan fingerprint density at radius 1 is 1.31 bits per heavy atom. The van der Waals surface area contributed by atoms with Crippen molar-refractivity contribution in [3.8, 4) is 11.5 Å². The molecule has 0 radical (unpaired) electrons. The van der Waals surface area contributed by atoms with Gasteiger partial charge in [-0.05, 0) is 52.4 Å². The van der Waals surface area contributed by atoms with Gasteiger partial charge < -0.3 is 30.1 Å². The van der Waals surface area contributed by atoms with Gasteiger partial charge in [0.25, 0.3) is 5.91 Å². The van der Waals surface area contributed by atoms with Gasteiger partial charge in [0.2, 0.25) is 0 Å². The van der Waals surface area contributed by atoms with Crippen LogP contribution >= 0.6 is 0 Å². The van der Waals surface area contributed by atoms with Crippen molar-refractivity contribution in [3.63, 3.8) is 0 Å². The number of carbonyl (C=O) groups excluding carboxylic acids is 1. The van der Waals surface area contributed by atoms with Gasteiger partial charge in [-0.25, -0.2) is 0 Å². The molecule has 0 atom stereocenters. The fraction of sp³-hybridized carbons (Fsp3) is 0.632. The van der Waals surface area contributed by atoms with Crippen molar-refractivity contribution >= 4 is 11.6 Å². The van der Waals surface area contributed by atoms with E-state index in [9.17, 15) is 9.90 Å². The zero-order valence-corrected chi connectivity index (χ0v) is 16.2. The van der Waals surface area contributed by atoms with Gasteiger partial charge in [0, 0.05) is 19.6 Å². The van der Waals surface area contributed by atoms with E-state index < -0.39 is 0 Å². The largest absolute Gasteiger partial charge is 0.506 e. The fourth-order valence-corrected chi connectivity index (χ4v) is 2.65.